The zero-order valence-corrected chi connectivity index (χ0v) is 12.0. The van der Waals surface area contributed by atoms with E-state index in [4.69, 9.17) is 11.6 Å². The molecule has 0 spiro atoms. The molecule has 0 saturated carbocycles. The van der Waals surface area contributed by atoms with Gasteiger partial charge >= 0.3 is 12.1 Å². The fraction of sp³-hybridized carbons (Fsp3) is 0.429. The highest BCUT2D eigenvalue weighted by atomic mass is 35.5. The molecule has 0 radical (unpaired) electrons. The third-order valence-electron chi connectivity index (χ3n) is 3.33. The van der Waals surface area contributed by atoms with Crippen molar-refractivity contribution in [1.82, 2.24) is 0 Å². The summed E-state index contributed by atoms with van der Waals surface area (Å²) in [5.74, 6) is -2.17. The van der Waals surface area contributed by atoms with Gasteiger partial charge in [0.2, 0.25) is 0 Å². The average Bonchev–Trinajstić information content (AvgIpc) is 2.43. The fourth-order valence-electron chi connectivity index (χ4n) is 2.34. The molecule has 0 fully saturated rings. The van der Waals surface area contributed by atoms with E-state index in [0.717, 1.165) is 4.90 Å². The van der Waals surface area contributed by atoms with Gasteiger partial charge in [0.1, 0.15) is 0 Å². The first-order valence-electron chi connectivity index (χ1n) is 6.41. The lowest BCUT2D eigenvalue weighted by Gasteiger charge is -2.30. The molecule has 1 atom stereocenters. The first kappa shape index (κ1) is 15.8. The summed E-state index contributed by atoms with van der Waals surface area (Å²) in [5, 5.41) is -0.709. The number of ketones is 1. The molecule has 3 nitrogen and oxygen atoms in total. The van der Waals surface area contributed by atoms with Crippen molar-refractivity contribution in [3.8, 4) is 0 Å². The van der Waals surface area contributed by atoms with Crippen LogP contribution in [0.2, 0.25) is 0 Å². The van der Waals surface area contributed by atoms with Gasteiger partial charge in [-0.15, -0.1) is 11.6 Å². The van der Waals surface area contributed by atoms with Gasteiger partial charge in [0.15, 0.2) is 5.78 Å². The summed E-state index contributed by atoms with van der Waals surface area (Å²) in [6.07, 6.45) is -3.97. The number of amides is 1. The molecule has 0 aliphatic carbocycles. The maximum Gasteiger partial charge on any atom is 0.471 e. The third-order valence-corrected chi connectivity index (χ3v) is 3.53. The number of hydrogen-bond acceptors (Lipinski definition) is 2. The average molecular weight is 320 g/mol. The highest BCUT2D eigenvalue weighted by Crippen LogP contribution is 2.32. The molecule has 7 heteroatoms. The lowest BCUT2D eigenvalue weighted by atomic mass is 9.97. The van der Waals surface area contributed by atoms with Crippen LogP contribution in [0.1, 0.15) is 29.3 Å². The van der Waals surface area contributed by atoms with Crippen LogP contribution < -0.4 is 4.90 Å². The van der Waals surface area contributed by atoms with Gasteiger partial charge in [0, 0.05) is 17.8 Å². The van der Waals surface area contributed by atoms with Gasteiger partial charge in [-0.3, -0.25) is 9.59 Å². The van der Waals surface area contributed by atoms with Crippen molar-refractivity contribution in [2.45, 2.75) is 31.3 Å². The highest BCUT2D eigenvalue weighted by molar-refractivity contribution is 6.33. The Morgan fingerprint density at radius 2 is 2.00 bits per heavy atom. The molecule has 0 bridgehead atoms. The smallest absolute Gasteiger partial charge is 0.304 e. The van der Waals surface area contributed by atoms with Crippen LogP contribution in [0.5, 0.6) is 0 Å². The molecule has 1 amide bonds. The number of carbonyl (C=O) groups excluding carboxylic acids is 2. The molecular weight excluding hydrogens is 307 g/mol. The maximum atomic E-state index is 12.6. The van der Waals surface area contributed by atoms with E-state index in [-0.39, 0.29) is 18.0 Å². The van der Waals surface area contributed by atoms with Gasteiger partial charge in [0.05, 0.1) is 5.38 Å². The van der Waals surface area contributed by atoms with Gasteiger partial charge < -0.3 is 4.90 Å². The predicted molar refractivity (Wildman–Crippen MR) is 72.8 cm³/mol. The number of alkyl halides is 4. The molecule has 1 aromatic rings. The molecule has 1 unspecified atom stereocenters. The number of rotatable bonds is 2. The van der Waals surface area contributed by atoms with Crippen molar-refractivity contribution in [1.29, 1.82) is 0 Å². The van der Waals surface area contributed by atoms with Crippen LogP contribution in [0.4, 0.5) is 18.9 Å². The number of carbonyl (C=O) groups is 2. The van der Waals surface area contributed by atoms with Crippen molar-refractivity contribution in [2.24, 2.45) is 0 Å². The van der Waals surface area contributed by atoms with Crippen LogP contribution in [-0.2, 0) is 11.2 Å². The molecule has 0 saturated heterocycles. The Morgan fingerprint density at radius 1 is 1.33 bits per heavy atom. The van der Waals surface area contributed by atoms with Crippen molar-refractivity contribution >= 4 is 29.0 Å². The number of benzene rings is 1. The molecule has 2 rings (SSSR count). The monoisotopic (exact) mass is 319 g/mol. The zero-order chi connectivity index (χ0) is 15.8. The number of fused-ring (bicyclic) bond motifs is 1. The second kappa shape index (κ2) is 5.67. The van der Waals surface area contributed by atoms with Crippen molar-refractivity contribution < 1.29 is 22.8 Å². The summed E-state index contributed by atoms with van der Waals surface area (Å²) < 4.78 is 37.7. The van der Waals surface area contributed by atoms with E-state index in [1.165, 1.54) is 25.1 Å². The Kier molecular flexibility index (Phi) is 4.27. The molecule has 1 heterocycles. The minimum Gasteiger partial charge on any atom is -0.304 e. The summed E-state index contributed by atoms with van der Waals surface area (Å²) in [6.45, 7) is 1.55. The van der Waals surface area contributed by atoms with Crippen LogP contribution in [0.25, 0.3) is 0 Å². The summed E-state index contributed by atoms with van der Waals surface area (Å²) in [5.41, 5.74) is 1.11. The Bertz CT molecular complexity index is 584. The van der Waals surface area contributed by atoms with E-state index < -0.39 is 17.5 Å². The number of nitrogens with zero attached hydrogens (tertiary/aromatic N) is 1. The topological polar surface area (TPSA) is 37.4 Å². The molecule has 1 aliphatic rings. The minimum absolute atomic E-state index is 0.0184. The van der Waals surface area contributed by atoms with Crippen LogP contribution >= 0.6 is 11.6 Å². The molecular formula is C14H13ClF3NO2. The van der Waals surface area contributed by atoms with E-state index in [1.807, 2.05) is 0 Å². The second-order valence-corrected chi connectivity index (χ2v) is 5.54. The second-order valence-electron chi connectivity index (χ2n) is 4.88. The van der Waals surface area contributed by atoms with Gasteiger partial charge in [-0.1, -0.05) is 0 Å². The Hall–Kier alpha value is -1.56. The van der Waals surface area contributed by atoms with E-state index in [9.17, 15) is 22.8 Å². The van der Waals surface area contributed by atoms with Crippen LogP contribution in [0, 0.1) is 0 Å². The lowest BCUT2D eigenvalue weighted by molar-refractivity contribution is -0.170. The predicted octanol–water partition coefficient (Wildman–Crippen LogP) is 3.34. The van der Waals surface area contributed by atoms with Crippen LogP contribution in [-0.4, -0.2) is 29.8 Å². The number of anilines is 1. The molecule has 1 aromatic carbocycles. The maximum absolute atomic E-state index is 12.6. The number of Topliss-reactive ketones (excluding diaryl/α,β-unsaturated/α-hetero) is 1. The van der Waals surface area contributed by atoms with Gasteiger partial charge in [-0.25, -0.2) is 0 Å². The Morgan fingerprint density at radius 3 is 2.57 bits per heavy atom. The summed E-state index contributed by atoms with van der Waals surface area (Å²) in [4.78, 5) is 24.0. The van der Waals surface area contributed by atoms with E-state index >= 15 is 0 Å². The summed E-state index contributed by atoms with van der Waals surface area (Å²) in [7, 11) is 0. The van der Waals surface area contributed by atoms with Gasteiger partial charge in [0.25, 0.3) is 0 Å². The highest BCUT2D eigenvalue weighted by Gasteiger charge is 2.44. The Labute approximate surface area is 124 Å². The normalized spacial score (nSPS) is 16.3. The minimum atomic E-state index is -4.91. The van der Waals surface area contributed by atoms with E-state index in [2.05, 4.69) is 0 Å². The van der Waals surface area contributed by atoms with E-state index in [0.29, 0.717) is 24.0 Å². The Balaban J connectivity index is 2.37. The SMILES string of the molecule is CC(Cl)C(=O)c1ccc2c(c1)CCCN2C(=O)C(F)(F)F. The number of aryl methyl sites for hydroxylation is 1. The molecule has 114 valence electrons. The first-order chi connectivity index (χ1) is 9.71. The zero-order valence-electron chi connectivity index (χ0n) is 11.2. The van der Waals surface area contributed by atoms with Crippen molar-refractivity contribution in [3.05, 3.63) is 29.3 Å². The summed E-state index contributed by atoms with van der Waals surface area (Å²) >= 11 is 5.72. The van der Waals surface area contributed by atoms with Gasteiger partial charge in [-0.05, 0) is 43.5 Å². The third kappa shape index (κ3) is 3.20. The number of halogens is 4. The van der Waals surface area contributed by atoms with Crippen molar-refractivity contribution in [3.63, 3.8) is 0 Å². The quantitative estimate of drug-likeness (QED) is 0.619. The van der Waals surface area contributed by atoms with Gasteiger partial charge in [-0.2, -0.15) is 13.2 Å². The summed E-state index contributed by atoms with van der Waals surface area (Å²) in [6, 6.07) is 4.30. The van der Waals surface area contributed by atoms with Crippen LogP contribution in [0.15, 0.2) is 18.2 Å². The fourth-order valence-corrected chi connectivity index (χ4v) is 2.47. The lowest BCUT2D eigenvalue weighted by Crippen LogP contribution is -2.43. The number of hydrogen-bond donors (Lipinski definition) is 0. The largest absolute Gasteiger partial charge is 0.471 e. The van der Waals surface area contributed by atoms with Crippen molar-refractivity contribution in [2.75, 3.05) is 11.4 Å². The molecule has 21 heavy (non-hydrogen) atoms. The molecule has 1 aliphatic heterocycles. The van der Waals surface area contributed by atoms with Crippen LogP contribution in [0.3, 0.4) is 0 Å². The first-order valence-corrected chi connectivity index (χ1v) is 6.85. The molecule has 0 aromatic heterocycles. The van der Waals surface area contributed by atoms with E-state index in [1.54, 1.807) is 0 Å². The standard InChI is InChI=1S/C14H13ClF3NO2/c1-8(15)12(20)10-4-5-11-9(7-10)3-2-6-19(11)13(21)14(16,17)18/h4-5,7-8H,2-3,6H2,1H3. The molecule has 0 N–H and O–H groups in total.